The van der Waals surface area contributed by atoms with E-state index in [4.69, 9.17) is 10.5 Å². The Morgan fingerprint density at radius 1 is 1.48 bits per heavy atom. The van der Waals surface area contributed by atoms with E-state index in [9.17, 15) is 9.59 Å². The van der Waals surface area contributed by atoms with Crippen LogP contribution in [-0.4, -0.2) is 62.5 Å². The molecule has 23 heavy (non-hydrogen) atoms. The number of likely N-dealkylation sites (tertiary alicyclic amines) is 1. The van der Waals surface area contributed by atoms with Crippen LogP contribution in [0.1, 0.15) is 6.42 Å². The second kappa shape index (κ2) is 7.32. The highest BCUT2D eigenvalue weighted by atomic mass is 16.5. The van der Waals surface area contributed by atoms with E-state index in [1.54, 1.807) is 23.1 Å². The van der Waals surface area contributed by atoms with Gasteiger partial charge in [0.1, 0.15) is 5.75 Å². The molecule has 0 aromatic heterocycles. The number of nitrogens with one attached hydrogen (secondary N) is 1. The zero-order valence-electron chi connectivity index (χ0n) is 13.8. The highest BCUT2D eigenvalue weighted by molar-refractivity contribution is 5.97. The first-order valence-corrected chi connectivity index (χ1v) is 7.57. The molecule has 1 atom stereocenters. The molecule has 0 saturated carbocycles. The summed E-state index contributed by atoms with van der Waals surface area (Å²) in [5.74, 6) is 0.110. The van der Waals surface area contributed by atoms with Crippen molar-refractivity contribution in [2.24, 2.45) is 5.92 Å². The zero-order chi connectivity index (χ0) is 17.0. The molecule has 1 aromatic rings. The van der Waals surface area contributed by atoms with Crippen LogP contribution in [0.2, 0.25) is 0 Å². The third kappa shape index (κ3) is 4.35. The number of hydrogen-bond donors (Lipinski definition) is 2. The molecule has 1 saturated heterocycles. The fourth-order valence-corrected chi connectivity index (χ4v) is 2.54. The van der Waals surface area contributed by atoms with Crippen LogP contribution >= 0.6 is 0 Å². The van der Waals surface area contributed by atoms with E-state index >= 15 is 0 Å². The van der Waals surface area contributed by atoms with Gasteiger partial charge in [-0.1, -0.05) is 0 Å². The van der Waals surface area contributed by atoms with Crippen molar-refractivity contribution in [2.45, 2.75) is 6.42 Å². The fraction of sp³-hybridized carbons (Fsp3) is 0.500. The van der Waals surface area contributed by atoms with Crippen molar-refractivity contribution >= 4 is 23.2 Å². The number of carbonyl (C=O) groups excluding carboxylic acids is 2. The van der Waals surface area contributed by atoms with Crippen molar-refractivity contribution in [1.82, 2.24) is 9.80 Å². The summed E-state index contributed by atoms with van der Waals surface area (Å²) >= 11 is 0. The summed E-state index contributed by atoms with van der Waals surface area (Å²) in [6, 6.07) is 5.08. The van der Waals surface area contributed by atoms with Crippen LogP contribution in [0.15, 0.2) is 18.2 Å². The Kier molecular flexibility index (Phi) is 5.44. The van der Waals surface area contributed by atoms with Crippen molar-refractivity contribution in [3.63, 3.8) is 0 Å². The molecule has 7 nitrogen and oxygen atoms in total. The van der Waals surface area contributed by atoms with Gasteiger partial charge in [-0.05, 0) is 32.3 Å². The van der Waals surface area contributed by atoms with Crippen LogP contribution in [0.4, 0.5) is 11.4 Å². The van der Waals surface area contributed by atoms with Gasteiger partial charge >= 0.3 is 0 Å². The van der Waals surface area contributed by atoms with E-state index in [1.165, 1.54) is 7.11 Å². The van der Waals surface area contributed by atoms with Gasteiger partial charge in [0.05, 0.1) is 18.7 Å². The quantitative estimate of drug-likeness (QED) is 0.751. The number of nitrogen functional groups attached to an aromatic ring is 1. The molecule has 3 N–H and O–H groups in total. The first kappa shape index (κ1) is 17.1. The van der Waals surface area contributed by atoms with E-state index in [1.807, 2.05) is 19.0 Å². The zero-order valence-corrected chi connectivity index (χ0v) is 13.8. The van der Waals surface area contributed by atoms with Crippen molar-refractivity contribution in [2.75, 3.05) is 51.9 Å². The van der Waals surface area contributed by atoms with Gasteiger partial charge in [-0.3, -0.25) is 9.59 Å². The number of likely N-dealkylation sites (N-methyl/N-ethyl adjacent to an activating group) is 1. The number of ether oxygens (including phenoxy) is 1. The van der Waals surface area contributed by atoms with Gasteiger partial charge in [-0.2, -0.15) is 0 Å². The molecule has 2 rings (SSSR count). The van der Waals surface area contributed by atoms with Crippen LogP contribution in [0.5, 0.6) is 5.75 Å². The maximum Gasteiger partial charge on any atom is 0.229 e. The number of amides is 2. The third-order valence-electron chi connectivity index (χ3n) is 3.90. The lowest BCUT2D eigenvalue weighted by atomic mass is 10.1. The number of methoxy groups -OCH3 is 1. The van der Waals surface area contributed by atoms with Crippen molar-refractivity contribution in [1.29, 1.82) is 0 Å². The summed E-state index contributed by atoms with van der Waals surface area (Å²) in [4.78, 5) is 28.1. The Balaban J connectivity index is 1.94. The molecule has 7 heteroatoms. The monoisotopic (exact) mass is 320 g/mol. The molecule has 1 fully saturated rings. The minimum atomic E-state index is -0.326. The number of rotatable bonds is 6. The molecule has 0 radical (unpaired) electrons. The molecule has 0 bridgehead atoms. The van der Waals surface area contributed by atoms with Crippen LogP contribution in [0, 0.1) is 5.92 Å². The van der Waals surface area contributed by atoms with Gasteiger partial charge in [0.2, 0.25) is 11.8 Å². The van der Waals surface area contributed by atoms with Gasteiger partial charge < -0.3 is 25.6 Å². The highest BCUT2D eigenvalue weighted by Crippen LogP contribution is 2.26. The Labute approximate surface area is 136 Å². The van der Waals surface area contributed by atoms with E-state index in [0.717, 1.165) is 6.54 Å². The number of hydrogen-bond acceptors (Lipinski definition) is 5. The lowest BCUT2D eigenvalue weighted by Gasteiger charge is -2.19. The smallest absolute Gasteiger partial charge is 0.229 e. The van der Waals surface area contributed by atoms with Crippen molar-refractivity contribution in [3.8, 4) is 5.75 Å². The average Bonchev–Trinajstić information content (AvgIpc) is 2.86. The summed E-state index contributed by atoms with van der Waals surface area (Å²) in [5, 5.41) is 2.82. The average molecular weight is 320 g/mol. The number of carbonyl (C=O) groups is 2. The molecule has 1 heterocycles. The first-order valence-electron chi connectivity index (χ1n) is 7.57. The molecule has 0 spiro atoms. The maximum absolute atomic E-state index is 12.3. The lowest BCUT2D eigenvalue weighted by molar-refractivity contribution is -0.128. The van der Waals surface area contributed by atoms with Gasteiger partial charge in [0.15, 0.2) is 0 Å². The predicted molar refractivity (Wildman–Crippen MR) is 89.3 cm³/mol. The summed E-state index contributed by atoms with van der Waals surface area (Å²) in [6.07, 6.45) is 0.255. The van der Waals surface area contributed by atoms with E-state index in [-0.39, 0.29) is 24.2 Å². The second-order valence-corrected chi connectivity index (χ2v) is 5.99. The summed E-state index contributed by atoms with van der Waals surface area (Å²) in [5.41, 5.74) is 6.89. The van der Waals surface area contributed by atoms with E-state index in [0.29, 0.717) is 30.2 Å². The molecule has 1 unspecified atom stereocenters. The number of anilines is 2. The molecular weight excluding hydrogens is 296 g/mol. The summed E-state index contributed by atoms with van der Waals surface area (Å²) in [6.45, 7) is 1.89. The van der Waals surface area contributed by atoms with Crippen molar-refractivity contribution < 1.29 is 14.3 Å². The number of nitrogens with zero attached hydrogens (tertiary/aromatic N) is 2. The Bertz CT molecular complexity index is 589. The van der Waals surface area contributed by atoms with Gasteiger partial charge in [0.25, 0.3) is 0 Å². The standard InChI is InChI=1S/C16H24N4O3/c1-19(2)6-7-20-10-11(8-15(20)21)16(22)18-12-4-5-14(23-3)13(17)9-12/h4-5,9,11H,6-8,10,17H2,1-3H3,(H,18,22). The highest BCUT2D eigenvalue weighted by Gasteiger charge is 2.34. The molecule has 1 aliphatic heterocycles. The largest absolute Gasteiger partial charge is 0.495 e. The molecule has 126 valence electrons. The maximum atomic E-state index is 12.3. The topological polar surface area (TPSA) is 87.9 Å². The predicted octanol–water partition coefficient (Wildman–Crippen LogP) is 0.626. The Hall–Kier alpha value is -2.28. The van der Waals surface area contributed by atoms with Crippen LogP contribution < -0.4 is 15.8 Å². The minimum Gasteiger partial charge on any atom is -0.495 e. The van der Waals surface area contributed by atoms with Crippen LogP contribution in [-0.2, 0) is 9.59 Å². The van der Waals surface area contributed by atoms with Crippen LogP contribution in [0.3, 0.4) is 0 Å². The summed E-state index contributed by atoms with van der Waals surface area (Å²) < 4.78 is 5.09. The number of benzene rings is 1. The van der Waals surface area contributed by atoms with Crippen LogP contribution in [0.25, 0.3) is 0 Å². The van der Waals surface area contributed by atoms with Gasteiger partial charge in [0, 0.05) is 31.7 Å². The fourth-order valence-electron chi connectivity index (χ4n) is 2.54. The lowest BCUT2D eigenvalue weighted by Crippen LogP contribution is -2.33. The van der Waals surface area contributed by atoms with E-state index < -0.39 is 0 Å². The molecule has 1 aromatic carbocycles. The second-order valence-electron chi connectivity index (χ2n) is 5.99. The molecule has 0 aliphatic carbocycles. The Morgan fingerprint density at radius 3 is 2.83 bits per heavy atom. The first-order chi connectivity index (χ1) is 10.9. The van der Waals surface area contributed by atoms with Gasteiger partial charge in [-0.25, -0.2) is 0 Å². The third-order valence-corrected chi connectivity index (χ3v) is 3.90. The summed E-state index contributed by atoms with van der Waals surface area (Å²) in [7, 11) is 5.45. The Morgan fingerprint density at radius 2 is 2.22 bits per heavy atom. The minimum absolute atomic E-state index is 0.0289. The number of nitrogens with two attached hydrogens (primary N) is 1. The molecular formula is C16H24N4O3. The normalized spacial score (nSPS) is 17.7. The molecule has 2 amide bonds. The van der Waals surface area contributed by atoms with Gasteiger partial charge in [-0.15, -0.1) is 0 Å². The van der Waals surface area contributed by atoms with E-state index in [2.05, 4.69) is 5.32 Å². The SMILES string of the molecule is COc1ccc(NC(=O)C2CC(=O)N(CCN(C)C)C2)cc1N. The van der Waals surface area contributed by atoms with Crippen molar-refractivity contribution in [3.05, 3.63) is 18.2 Å². The molecule has 1 aliphatic rings.